The molecule has 0 saturated heterocycles. The van der Waals surface area contributed by atoms with Gasteiger partial charge in [0.25, 0.3) is 0 Å². The van der Waals surface area contributed by atoms with E-state index in [1.54, 1.807) is 12.1 Å². The standard InChI is InChI=1S/C8H8INO2.C6H6INO.CH4/c1-6(11)10(12)8-4-2-7(9)3-5-8;7-5-1-3-6(8-9)4-2-5;/h2-5,12H,1H3;1-4,8-9H;1H4. The maximum Gasteiger partial charge on any atom is 0.247 e. The number of anilines is 2. The van der Waals surface area contributed by atoms with Crippen LogP contribution >= 0.6 is 45.2 Å². The van der Waals surface area contributed by atoms with Gasteiger partial charge in [-0.2, -0.15) is 5.06 Å². The van der Waals surface area contributed by atoms with E-state index >= 15 is 0 Å². The van der Waals surface area contributed by atoms with Crippen molar-refractivity contribution in [2.75, 3.05) is 10.5 Å². The molecule has 0 aromatic heterocycles. The van der Waals surface area contributed by atoms with Crippen LogP contribution < -0.4 is 10.5 Å². The van der Waals surface area contributed by atoms with Crippen molar-refractivity contribution in [1.82, 2.24) is 0 Å². The Labute approximate surface area is 157 Å². The van der Waals surface area contributed by atoms with Gasteiger partial charge in [-0.1, -0.05) is 7.43 Å². The third kappa shape index (κ3) is 7.38. The van der Waals surface area contributed by atoms with Crippen LogP contribution in [0, 0.1) is 7.14 Å². The van der Waals surface area contributed by atoms with Gasteiger partial charge in [0.15, 0.2) is 0 Å². The fourth-order valence-electron chi connectivity index (χ4n) is 1.29. The first-order valence-electron chi connectivity index (χ1n) is 5.85. The molecule has 120 valence electrons. The Morgan fingerprint density at radius 1 is 1.00 bits per heavy atom. The molecule has 0 aliphatic heterocycles. The van der Waals surface area contributed by atoms with Crippen LogP contribution in [0.4, 0.5) is 11.4 Å². The predicted octanol–water partition coefficient (Wildman–Crippen LogP) is 4.76. The number of rotatable bonds is 2. The molecule has 2 aromatic carbocycles. The van der Waals surface area contributed by atoms with Crippen LogP contribution in [-0.4, -0.2) is 16.3 Å². The molecule has 0 bridgehead atoms. The molecule has 0 spiro atoms. The van der Waals surface area contributed by atoms with Crippen molar-refractivity contribution in [3.8, 4) is 0 Å². The molecule has 1 amide bonds. The summed E-state index contributed by atoms with van der Waals surface area (Å²) in [5, 5.41) is 18.2. The quantitative estimate of drug-likeness (QED) is 0.299. The van der Waals surface area contributed by atoms with E-state index in [1.807, 2.05) is 36.4 Å². The lowest BCUT2D eigenvalue weighted by Crippen LogP contribution is -2.23. The second-order valence-corrected chi connectivity index (χ2v) is 6.42. The van der Waals surface area contributed by atoms with Gasteiger partial charge in [-0.05, 0) is 93.7 Å². The lowest BCUT2D eigenvalue weighted by atomic mass is 10.3. The van der Waals surface area contributed by atoms with Gasteiger partial charge in [-0.3, -0.25) is 20.7 Å². The summed E-state index contributed by atoms with van der Waals surface area (Å²) in [7, 11) is 0. The van der Waals surface area contributed by atoms with E-state index in [2.05, 4.69) is 50.7 Å². The van der Waals surface area contributed by atoms with E-state index in [4.69, 9.17) is 5.21 Å². The van der Waals surface area contributed by atoms with Crippen molar-refractivity contribution in [1.29, 1.82) is 0 Å². The number of nitrogens with one attached hydrogen (secondary N) is 1. The van der Waals surface area contributed by atoms with Crippen molar-refractivity contribution in [2.24, 2.45) is 0 Å². The second kappa shape index (κ2) is 10.8. The molecule has 2 aromatic rings. The van der Waals surface area contributed by atoms with Crippen molar-refractivity contribution < 1.29 is 15.2 Å². The zero-order valence-corrected chi connectivity index (χ0v) is 15.4. The molecule has 5 nitrogen and oxygen atoms in total. The number of hydrogen-bond acceptors (Lipinski definition) is 4. The van der Waals surface area contributed by atoms with Crippen LogP contribution in [0.5, 0.6) is 0 Å². The van der Waals surface area contributed by atoms with Crippen LogP contribution in [0.3, 0.4) is 0 Å². The molecule has 0 atom stereocenters. The van der Waals surface area contributed by atoms with Gasteiger partial charge in [-0.15, -0.1) is 0 Å². The summed E-state index contributed by atoms with van der Waals surface area (Å²) in [4.78, 5) is 10.7. The molecule has 7 heteroatoms. The van der Waals surface area contributed by atoms with Gasteiger partial charge in [0, 0.05) is 14.1 Å². The van der Waals surface area contributed by atoms with Gasteiger partial charge in [0.1, 0.15) is 0 Å². The van der Waals surface area contributed by atoms with Crippen LogP contribution in [0.1, 0.15) is 14.4 Å². The number of amides is 1. The number of carbonyl (C=O) groups is 1. The van der Waals surface area contributed by atoms with Gasteiger partial charge >= 0.3 is 0 Å². The molecule has 2 rings (SSSR count). The first-order chi connectivity index (χ1) is 9.93. The average molecular weight is 528 g/mol. The number of halogens is 2. The van der Waals surface area contributed by atoms with Crippen LogP contribution in [0.2, 0.25) is 0 Å². The molecule has 0 heterocycles. The Balaban J connectivity index is 0.000000397. The monoisotopic (exact) mass is 528 g/mol. The Morgan fingerprint density at radius 3 is 1.77 bits per heavy atom. The minimum absolute atomic E-state index is 0. The highest BCUT2D eigenvalue weighted by Crippen LogP contribution is 2.14. The Hall–Kier alpha value is -0.910. The summed E-state index contributed by atoms with van der Waals surface area (Å²) in [5.41, 5.74) is 3.26. The largest absolute Gasteiger partial charge is 0.291 e. The number of hydrogen-bond donors (Lipinski definition) is 3. The maximum absolute atomic E-state index is 10.7. The molecule has 0 unspecified atom stereocenters. The van der Waals surface area contributed by atoms with E-state index in [-0.39, 0.29) is 7.43 Å². The number of carbonyl (C=O) groups excluding carboxylic acids is 1. The lowest BCUT2D eigenvalue weighted by Gasteiger charge is -2.11. The zero-order valence-electron chi connectivity index (χ0n) is 11.1. The summed E-state index contributed by atoms with van der Waals surface area (Å²) >= 11 is 4.36. The van der Waals surface area contributed by atoms with Crippen molar-refractivity contribution in [2.45, 2.75) is 14.4 Å². The van der Waals surface area contributed by atoms with E-state index < -0.39 is 5.91 Å². The second-order valence-electron chi connectivity index (χ2n) is 3.93. The molecule has 0 aliphatic rings. The van der Waals surface area contributed by atoms with E-state index in [9.17, 15) is 10.0 Å². The first kappa shape index (κ1) is 21.1. The third-order valence-corrected chi connectivity index (χ3v) is 3.78. The molecule has 0 aliphatic carbocycles. The highest BCUT2D eigenvalue weighted by molar-refractivity contribution is 14.1. The van der Waals surface area contributed by atoms with Gasteiger partial charge in [0.05, 0.1) is 11.4 Å². The topological polar surface area (TPSA) is 72.8 Å². The van der Waals surface area contributed by atoms with Gasteiger partial charge in [0.2, 0.25) is 5.91 Å². The van der Waals surface area contributed by atoms with Crippen LogP contribution in [-0.2, 0) is 4.79 Å². The molecular weight excluding hydrogens is 510 g/mol. The predicted molar refractivity (Wildman–Crippen MR) is 105 cm³/mol. The van der Waals surface area contributed by atoms with Crippen molar-refractivity contribution in [3.63, 3.8) is 0 Å². The lowest BCUT2D eigenvalue weighted by molar-refractivity contribution is -0.121. The Morgan fingerprint density at radius 2 is 1.41 bits per heavy atom. The van der Waals surface area contributed by atoms with E-state index in [0.29, 0.717) is 10.8 Å². The van der Waals surface area contributed by atoms with Crippen molar-refractivity contribution >= 4 is 62.5 Å². The summed E-state index contributed by atoms with van der Waals surface area (Å²) in [5.74, 6) is -0.392. The number of hydroxylamine groups is 1. The van der Waals surface area contributed by atoms with Gasteiger partial charge < -0.3 is 0 Å². The molecule has 22 heavy (non-hydrogen) atoms. The molecule has 0 radical (unpaired) electrons. The highest BCUT2D eigenvalue weighted by Gasteiger charge is 2.06. The average Bonchev–Trinajstić information content (AvgIpc) is 2.49. The smallest absolute Gasteiger partial charge is 0.247 e. The fraction of sp³-hybridized carbons (Fsp3) is 0.133. The Kier molecular flexibility index (Phi) is 10.3. The number of nitrogens with zero attached hydrogens (tertiary/aromatic N) is 1. The molecule has 0 fully saturated rings. The SMILES string of the molecule is C.CC(=O)N(O)c1ccc(I)cc1.ONc1ccc(I)cc1. The first-order valence-corrected chi connectivity index (χ1v) is 8.00. The number of benzene rings is 2. The third-order valence-electron chi connectivity index (χ3n) is 2.34. The summed E-state index contributed by atoms with van der Waals surface area (Å²) in [6.45, 7) is 1.30. The molecular formula is C15H18I2N2O3. The zero-order chi connectivity index (χ0) is 15.8. The van der Waals surface area contributed by atoms with Gasteiger partial charge in [-0.25, -0.2) is 0 Å². The summed E-state index contributed by atoms with van der Waals surface area (Å²) in [6, 6.07) is 14.5. The fourth-order valence-corrected chi connectivity index (χ4v) is 2.01. The van der Waals surface area contributed by atoms with Crippen molar-refractivity contribution in [3.05, 3.63) is 55.7 Å². The highest BCUT2D eigenvalue weighted by atomic mass is 127. The maximum atomic E-state index is 10.7. The molecule has 0 saturated carbocycles. The minimum atomic E-state index is -0.392. The Bertz CT molecular complexity index is 574. The van der Waals surface area contributed by atoms with Crippen LogP contribution in [0.15, 0.2) is 48.5 Å². The summed E-state index contributed by atoms with van der Waals surface area (Å²) in [6.07, 6.45) is 0. The minimum Gasteiger partial charge on any atom is -0.291 e. The van der Waals surface area contributed by atoms with E-state index in [1.165, 1.54) is 6.92 Å². The van der Waals surface area contributed by atoms with Crippen LogP contribution in [0.25, 0.3) is 0 Å². The normalized spacial score (nSPS) is 8.95. The molecule has 3 N–H and O–H groups in total. The van der Waals surface area contributed by atoms with E-state index in [0.717, 1.165) is 12.8 Å². The summed E-state index contributed by atoms with van der Waals surface area (Å²) < 4.78 is 2.22.